The zero-order valence-electron chi connectivity index (χ0n) is 11.0. The van der Waals surface area contributed by atoms with Gasteiger partial charge in [0.1, 0.15) is 0 Å². The first-order valence-corrected chi connectivity index (χ1v) is 6.34. The summed E-state index contributed by atoms with van der Waals surface area (Å²) < 4.78 is 0. The Bertz CT molecular complexity index is 350. The Balaban J connectivity index is 2.35. The minimum absolute atomic E-state index is 0.302. The third-order valence-electron chi connectivity index (χ3n) is 4.99. The maximum atomic E-state index is 11.0. The predicted molar refractivity (Wildman–Crippen MR) is 68.1 cm³/mol. The van der Waals surface area contributed by atoms with Crippen molar-refractivity contribution in [3.05, 3.63) is 23.8 Å². The van der Waals surface area contributed by atoms with E-state index in [1.807, 2.05) is 6.92 Å². The Hall–Kier alpha value is -0.560. The van der Waals surface area contributed by atoms with Crippen molar-refractivity contribution in [3.8, 4) is 0 Å². The van der Waals surface area contributed by atoms with Crippen molar-refractivity contribution in [1.29, 1.82) is 0 Å². The van der Waals surface area contributed by atoms with Crippen LogP contribution in [-0.4, -0.2) is 10.7 Å². The molecule has 3 aliphatic carbocycles. The summed E-state index contributed by atoms with van der Waals surface area (Å²) in [4.78, 5) is 0. The van der Waals surface area contributed by atoms with Gasteiger partial charge in [0.25, 0.3) is 0 Å². The molecule has 1 heteroatoms. The summed E-state index contributed by atoms with van der Waals surface area (Å²) in [6.45, 7) is 12.7. The molecule has 3 atom stereocenters. The second-order valence-electron chi connectivity index (χ2n) is 6.38. The standard InChI is InChI=1S/C15H24O/c1-6-11-7-12-8-13(14(12,4)5)15(11,16)9-10(2)3/h6,12-13,16H,2,7-9H2,1,3-5H3/b11-6-. The Morgan fingerprint density at radius 1 is 1.56 bits per heavy atom. The third-order valence-corrected chi connectivity index (χ3v) is 4.99. The van der Waals surface area contributed by atoms with Gasteiger partial charge in [-0.2, -0.15) is 0 Å². The molecule has 3 aliphatic rings. The van der Waals surface area contributed by atoms with E-state index >= 15 is 0 Å². The Labute approximate surface area is 99.3 Å². The van der Waals surface area contributed by atoms with E-state index in [9.17, 15) is 5.11 Å². The van der Waals surface area contributed by atoms with Crippen LogP contribution < -0.4 is 0 Å². The van der Waals surface area contributed by atoms with Crippen LogP contribution in [0.5, 0.6) is 0 Å². The SMILES string of the molecule is C=C(C)CC1(O)/C(=C\C)CC2CC1C2(C)C. The average Bonchev–Trinajstić information content (AvgIpc) is 2.15. The van der Waals surface area contributed by atoms with Gasteiger partial charge in [0.2, 0.25) is 0 Å². The molecule has 0 heterocycles. The molecule has 1 N–H and O–H groups in total. The second-order valence-corrected chi connectivity index (χ2v) is 6.38. The van der Waals surface area contributed by atoms with Gasteiger partial charge in [0.15, 0.2) is 0 Å². The summed E-state index contributed by atoms with van der Waals surface area (Å²) in [6, 6.07) is 0. The van der Waals surface area contributed by atoms with E-state index in [-0.39, 0.29) is 0 Å². The number of allylic oxidation sites excluding steroid dienone is 1. The van der Waals surface area contributed by atoms with Gasteiger partial charge in [-0.25, -0.2) is 0 Å². The molecule has 0 radical (unpaired) electrons. The van der Waals surface area contributed by atoms with Crippen LogP contribution in [0.25, 0.3) is 0 Å². The summed E-state index contributed by atoms with van der Waals surface area (Å²) in [7, 11) is 0. The molecule has 0 aromatic heterocycles. The molecule has 16 heavy (non-hydrogen) atoms. The highest BCUT2D eigenvalue weighted by molar-refractivity contribution is 5.31. The molecule has 0 aromatic carbocycles. The summed E-state index contributed by atoms with van der Waals surface area (Å²) >= 11 is 0. The van der Waals surface area contributed by atoms with Gasteiger partial charge in [-0.15, -0.1) is 6.58 Å². The predicted octanol–water partition coefficient (Wildman–Crippen LogP) is 3.70. The van der Waals surface area contributed by atoms with Gasteiger partial charge in [0, 0.05) is 6.42 Å². The zero-order valence-corrected chi connectivity index (χ0v) is 11.0. The summed E-state index contributed by atoms with van der Waals surface area (Å²) in [5.74, 6) is 1.19. The largest absolute Gasteiger partial charge is 0.385 e. The van der Waals surface area contributed by atoms with Crippen molar-refractivity contribution < 1.29 is 5.11 Å². The first kappa shape index (κ1) is 11.9. The maximum Gasteiger partial charge on any atom is 0.0926 e. The molecule has 3 unspecified atom stereocenters. The van der Waals surface area contributed by atoms with Crippen LogP contribution >= 0.6 is 0 Å². The highest BCUT2D eigenvalue weighted by Gasteiger charge is 2.62. The fourth-order valence-corrected chi connectivity index (χ4v) is 3.90. The van der Waals surface area contributed by atoms with Crippen molar-refractivity contribution in [2.45, 2.75) is 52.6 Å². The van der Waals surface area contributed by atoms with Crippen LogP contribution in [-0.2, 0) is 0 Å². The van der Waals surface area contributed by atoms with Crippen molar-refractivity contribution in [2.24, 2.45) is 17.3 Å². The van der Waals surface area contributed by atoms with Crippen molar-refractivity contribution in [2.75, 3.05) is 0 Å². The summed E-state index contributed by atoms with van der Waals surface area (Å²) in [6.07, 6.45) is 5.11. The van der Waals surface area contributed by atoms with E-state index in [1.165, 1.54) is 12.0 Å². The second kappa shape index (κ2) is 3.46. The van der Waals surface area contributed by atoms with E-state index in [0.717, 1.165) is 24.3 Å². The van der Waals surface area contributed by atoms with Crippen LogP contribution in [0.4, 0.5) is 0 Å². The molecule has 3 fully saturated rings. The molecular weight excluding hydrogens is 196 g/mol. The minimum atomic E-state index is -0.612. The van der Waals surface area contributed by atoms with Gasteiger partial charge in [-0.1, -0.05) is 25.5 Å². The molecule has 3 rings (SSSR count). The number of hydrogen-bond donors (Lipinski definition) is 1. The fraction of sp³-hybridized carbons (Fsp3) is 0.733. The van der Waals surface area contributed by atoms with Crippen LogP contribution in [0, 0.1) is 17.3 Å². The third kappa shape index (κ3) is 1.41. The molecule has 0 saturated heterocycles. The maximum absolute atomic E-state index is 11.0. The van der Waals surface area contributed by atoms with Gasteiger partial charge >= 0.3 is 0 Å². The lowest BCUT2D eigenvalue weighted by atomic mass is 9.42. The lowest BCUT2D eigenvalue weighted by molar-refractivity contribution is -0.168. The number of rotatable bonds is 2. The number of fused-ring (bicyclic) bond motifs is 2. The molecular formula is C15H24O. The molecule has 0 aromatic rings. The Kier molecular flexibility index (Phi) is 2.58. The van der Waals surface area contributed by atoms with E-state index < -0.39 is 5.60 Å². The Morgan fingerprint density at radius 3 is 2.62 bits per heavy atom. The number of aliphatic hydroxyl groups is 1. The van der Waals surface area contributed by atoms with E-state index in [4.69, 9.17) is 0 Å². The monoisotopic (exact) mass is 220 g/mol. The Morgan fingerprint density at radius 2 is 2.19 bits per heavy atom. The van der Waals surface area contributed by atoms with Gasteiger partial charge in [0.05, 0.1) is 5.60 Å². The molecule has 2 bridgehead atoms. The van der Waals surface area contributed by atoms with Gasteiger partial charge in [-0.05, 0) is 49.5 Å². The molecule has 90 valence electrons. The van der Waals surface area contributed by atoms with Crippen LogP contribution in [0.2, 0.25) is 0 Å². The first-order valence-electron chi connectivity index (χ1n) is 6.34. The van der Waals surface area contributed by atoms with Crippen molar-refractivity contribution >= 4 is 0 Å². The highest BCUT2D eigenvalue weighted by atomic mass is 16.3. The lowest BCUT2D eigenvalue weighted by Gasteiger charge is -2.64. The molecule has 1 nitrogen and oxygen atoms in total. The normalized spacial score (nSPS) is 42.9. The van der Waals surface area contributed by atoms with Crippen LogP contribution in [0.1, 0.15) is 47.0 Å². The van der Waals surface area contributed by atoms with E-state index in [2.05, 4.69) is 33.4 Å². The van der Waals surface area contributed by atoms with Gasteiger partial charge in [-0.3, -0.25) is 0 Å². The van der Waals surface area contributed by atoms with E-state index in [0.29, 0.717) is 11.3 Å². The molecule has 3 saturated carbocycles. The zero-order chi connectivity index (χ0) is 12.1. The average molecular weight is 220 g/mol. The summed E-state index contributed by atoms with van der Waals surface area (Å²) in [5.41, 5.74) is 2.02. The van der Waals surface area contributed by atoms with Gasteiger partial charge < -0.3 is 5.11 Å². The minimum Gasteiger partial charge on any atom is -0.385 e. The quantitative estimate of drug-likeness (QED) is 0.704. The number of hydrogen-bond acceptors (Lipinski definition) is 1. The smallest absolute Gasteiger partial charge is 0.0926 e. The topological polar surface area (TPSA) is 20.2 Å². The fourth-order valence-electron chi connectivity index (χ4n) is 3.90. The van der Waals surface area contributed by atoms with Crippen molar-refractivity contribution in [3.63, 3.8) is 0 Å². The van der Waals surface area contributed by atoms with Crippen LogP contribution in [0.3, 0.4) is 0 Å². The molecule has 0 amide bonds. The lowest BCUT2D eigenvalue weighted by Crippen LogP contribution is -2.62. The highest BCUT2D eigenvalue weighted by Crippen LogP contribution is 2.65. The van der Waals surface area contributed by atoms with E-state index in [1.54, 1.807) is 0 Å². The molecule has 0 spiro atoms. The van der Waals surface area contributed by atoms with Crippen LogP contribution in [0.15, 0.2) is 23.8 Å². The molecule has 0 aliphatic heterocycles. The first-order chi connectivity index (χ1) is 7.32. The van der Waals surface area contributed by atoms with Crippen molar-refractivity contribution in [1.82, 2.24) is 0 Å². The summed E-state index contributed by atoms with van der Waals surface area (Å²) in [5, 5.41) is 11.0.